The zero-order valence-electron chi connectivity index (χ0n) is 17.0. The van der Waals surface area contributed by atoms with Gasteiger partial charge in [-0.15, -0.1) is 0 Å². The Morgan fingerprint density at radius 2 is 1.62 bits per heavy atom. The average molecular weight is 436 g/mol. The van der Waals surface area contributed by atoms with Crippen LogP contribution in [0.5, 0.6) is 0 Å². The van der Waals surface area contributed by atoms with Crippen LogP contribution in [-0.2, 0) is 6.18 Å². The molecular weight excluding hydrogens is 417 g/mol. The van der Waals surface area contributed by atoms with Gasteiger partial charge in [0.2, 0.25) is 0 Å². The summed E-state index contributed by atoms with van der Waals surface area (Å²) >= 11 is 0. The molecule has 0 spiro atoms. The molecule has 32 heavy (non-hydrogen) atoms. The molecule has 8 heteroatoms. The largest absolute Gasteiger partial charge is 0.433 e. The third-order valence-electron chi connectivity index (χ3n) is 4.95. The molecule has 0 aliphatic rings. The van der Waals surface area contributed by atoms with E-state index in [1.165, 1.54) is 6.07 Å². The van der Waals surface area contributed by atoms with E-state index in [0.717, 1.165) is 23.5 Å². The third kappa shape index (κ3) is 4.54. The maximum absolute atomic E-state index is 13.1. The Bertz CT molecular complexity index is 1200. The number of benzene rings is 2. The van der Waals surface area contributed by atoms with Crippen LogP contribution in [0.15, 0.2) is 85.2 Å². The lowest BCUT2D eigenvalue weighted by molar-refractivity contribution is -0.141. The maximum atomic E-state index is 13.1. The molecule has 1 amide bonds. The zero-order chi connectivity index (χ0) is 22.7. The van der Waals surface area contributed by atoms with Crippen LogP contribution in [0.25, 0.3) is 16.9 Å². The van der Waals surface area contributed by atoms with Gasteiger partial charge >= 0.3 is 6.18 Å². The maximum Gasteiger partial charge on any atom is 0.433 e. The van der Waals surface area contributed by atoms with E-state index in [-0.39, 0.29) is 0 Å². The Labute approximate surface area is 182 Å². The monoisotopic (exact) mass is 436 g/mol. The first-order valence-corrected chi connectivity index (χ1v) is 9.87. The molecule has 2 aromatic carbocycles. The minimum absolute atomic E-state index is 0.353. The molecule has 0 bridgehead atoms. The highest BCUT2D eigenvalue weighted by atomic mass is 19.4. The van der Waals surface area contributed by atoms with E-state index in [4.69, 9.17) is 0 Å². The van der Waals surface area contributed by atoms with Crippen molar-refractivity contribution in [3.63, 3.8) is 0 Å². The van der Waals surface area contributed by atoms with E-state index >= 15 is 0 Å². The van der Waals surface area contributed by atoms with E-state index in [0.29, 0.717) is 16.8 Å². The molecule has 4 rings (SSSR count). The number of para-hydroxylation sites is 1. The number of carbonyl (C=O) groups is 1. The summed E-state index contributed by atoms with van der Waals surface area (Å²) in [5.74, 6) is -0.390. The molecule has 1 atom stereocenters. The molecular formula is C24H19F3N4O. The molecule has 0 radical (unpaired) electrons. The van der Waals surface area contributed by atoms with Crippen molar-refractivity contribution in [3.05, 3.63) is 102 Å². The van der Waals surface area contributed by atoms with Gasteiger partial charge in [-0.25, -0.2) is 4.68 Å². The predicted octanol–water partition coefficient (Wildman–Crippen LogP) is 5.44. The smallest absolute Gasteiger partial charge is 0.345 e. The van der Waals surface area contributed by atoms with Gasteiger partial charge in [-0.2, -0.15) is 18.3 Å². The van der Waals surface area contributed by atoms with Gasteiger partial charge in [0, 0.05) is 18.0 Å². The molecule has 0 aliphatic heterocycles. The topological polar surface area (TPSA) is 59.8 Å². The van der Waals surface area contributed by atoms with Crippen molar-refractivity contribution in [3.8, 4) is 16.9 Å². The van der Waals surface area contributed by atoms with Crippen molar-refractivity contribution in [1.29, 1.82) is 0 Å². The van der Waals surface area contributed by atoms with Crippen LogP contribution in [0, 0.1) is 0 Å². The van der Waals surface area contributed by atoms with E-state index in [2.05, 4.69) is 15.4 Å². The van der Waals surface area contributed by atoms with Crippen LogP contribution in [-0.4, -0.2) is 20.7 Å². The predicted molar refractivity (Wildman–Crippen MR) is 114 cm³/mol. The molecule has 0 saturated carbocycles. The number of amides is 1. The fourth-order valence-electron chi connectivity index (χ4n) is 3.25. The van der Waals surface area contributed by atoms with Gasteiger partial charge in [-0.3, -0.25) is 9.78 Å². The van der Waals surface area contributed by atoms with Crippen molar-refractivity contribution in [2.75, 3.05) is 0 Å². The van der Waals surface area contributed by atoms with Crippen molar-refractivity contribution >= 4 is 5.91 Å². The van der Waals surface area contributed by atoms with E-state index in [1.54, 1.807) is 17.8 Å². The molecule has 4 aromatic rings. The fraction of sp³-hybridized carbons (Fsp3) is 0.125. The minimum Gasteiger partial charge on any atom is -0.345 e. The third-order valence-corrected chi connectivity index (χ3v) is 4.95. The normalized spacial score (nSPS) is 12.4. The Morgan fingerprint density at radius 3 is 2.22 bits per heavy atom. The van der Waals surface area contributed by atoms with E-state index < -0.39 is 23.8 Å². The Kier molecular flexibility index (Phi) is 5.77. The number of hydrogen-bond donors (Lipinski definition) is 1. The first-order chi connectivity index (χ1) is 15.3. The van der Waals surface area contributed by atoms with Gasteiger partial charge in [0.05, 0.1) is 17.3 Å². The Balaban J connectivity index is 1.63. The fourth-order valence-corrected chi connectivity index (χ4v) is 3.25. The lowest BCUT2D eigenvalue weighted by Gasteiger charge is -2.15. The second-order valence-electron chi connectivity index (χ2n) is 7.21. The van der Waals surface area contributed by atoms with Gasteiger partial charge in [-0.05, 0) is 30.7 Å². The van der Waals surface area contributed by atoms with E-state index in [1.807, 2.05) is 60.7 Å². The second-order valence-corrected chi connectivity index (χ2v) is 7.21. The quantitative estimate of drug-likeness (QED) is 0.453. The number of carbonyl (C=O) groups excluding carboxylic acids is 1. The number of pyridine rings is 1. The molecule has 2 heterocycles. The number of alkyl halides is 3. The summed E-state index contributed by atoms with van der Waals surface area (Å²) < 4.78 is 39.9. The molecule has 162 valence electrons. The number of hydrogen-bond acceptors (Lipinski definition) is 3. The summed E-state index contributed by atoms with van der Waals surface area (Å²) in [5.41, 5.74) is 1.91. The van der Waals surface area contributed by atoms with Gasteiger partial charge < -0.3 is 5.32 Å². The minimum atomic E-state index is -4.51. The lowest BCUT2D eigenvalue weighted by Crippen LogP contribution is -2.27. The number of nitrogens with zero attached hydrogens (tertiary/aromatic N) is 3. The number of rotatable bonds is 5. The van der Waals surface area contributed by atoms with Crippen LogP contribution in [0.1, 0.15) is 34.6 Å². The van der Waals surface area contributed by atoms with Crippen LogP contribution in [0.3, 0.4) is 0 Å². The highest BCUT2D eigenvalue weighted by Crippen LogP contribution is 2.28. The van der Waals surface area contributed by atoms with Crippen molar-refractivity contribution in [2.24, 2.45) is 0 Å². The number of halogens is 3. The molecule has 0 aliphatic carbocycles. The summed E-state index contributed by atoms with van der Waals surface area (Å²) in [6.07, 6.45) is -1.74. The molecule has 0 saturated heterocycles. The zero-order valence-corrected chi connectivity index (χ0v) is 17.0. The van der Waals surface area contributed by atoms with Crippen molar-refractivity contribution in [1.82, 2.24) is 20.1 Å². The van der Waals surface area contributed by atoms with Crippen LogP contribution >= 0.6 is 0 Å². The van der Waals surface area contributed by atoms with Crippen LogP contribution in [0.4, 0.5) is 13.2 Å². The number of nitrogens with one attached hydrogen (secondary N) is 1. The molecule has 2 aromatic heterocycles. The van der Waals surface area contributed by atoms with Gasteiger partial charge in [0.1, 0.15) is 11.4 Å². The van der Waals surface area contributed by atoms with E-state index in [9.17, 15) is 18.0 Å². The first-order valence-electron chi connectivity index (χ1n) is 9.87. The van der Waals surface area contributed by atoms with Gasteiger partial charge in [0.25, 0.3) is 5.91 Å². The molecule has 0 unspecified atom stereocenters. The summed E-state index contributed by atoms with van der Waals surface area (Å²) in [4.78, 5) is 16.6. The SMILES string of the molecule is C[C@@H](NC(=O)c1cn(-c2ccccc2)nc1-c1ccccc1)c1ccc(C(F)(F)F)nc1. The van der Waals surface area contributed by atoms with Gasteiger partial charge in [-0.1, -0.05) is 54.6 Å². The number of aromatic nitrogens is 3. The van der Waals surface area contributed by atoms with Crippen molar-refractivity contribution < 1.29 is 18.0 Å². The average Bonchev–Trinajstić information content (AvgIpc) is 3.25. The summed E-state index contributed by atoms with van der Waals surface area (Å²) in [6, 6.07) is 20.3. The summed E-state index contributed by atoms with van der Waals surface area (Å²) in [5, 5.41) is 7.44. The Morgan fingerprint density at radius 1 is 0.969 bits per heavy atom. The highest BCUT2D eigenvalue weighted by molar-refractivity contribution is 6.00. The highest BCUT2D eigenvalue weighted by Gasteiger charge is 2.32. The van der Waals surface area contributed by atoms with Crippen LogP contribution < -0.4 is 5.32 Å². The molecule has 1 N–H and O–H groups in total. The Hall–Kier alpha value is -3.94. The summed E-state index contributed by atoms with van der Waals surface area (Å²) in [7, 11) is 0. The van der Waals surface area contributed by atoms with Crippen LogP contribution in [0.2, 0.25) is 0 Å². The molecule has 0 fully saturated rings. The molecule has 5 nitrogen and oxygen atoms in total. The first kappa shape index (κ1) is 21.3. The van der Waals surface area contributed by atoms with Gasteiger partial charge in [0.15, 0.2) is 0 Å². The lowest BCUT2D eigenvalue weighted by atomic mass is 10.1. The standard InChI is InChI=1S/C24H19F3N4O/c1-16(18-12-13-21(28-14-18)24(25,26)27)29-23(32)20-15-31(19-10-6-3-7-11-19)30-22(20)17-8-4-2-5-9-17/h2-16H,1H3,(H,29,32)/t16-/m1/s1. The summed E-state index contributed by atoms with van der Waals surface area (Å²) in [6.45, 7) is 1.69. The second kappa shape index (κ2) is 8.66. The van der Waals surface area contributed by atoms with Crippen molar-refractivity contribution in [2.45, 2.75) is 19.1 Å².